The number of benzene rings is 3. The maximum Gasteiger partial charge on any atom is 0.340 e. The van der Waals surface area contributed by atoms with E-state index in [1.54, 1.807) is 19.1 Å². The van der Waals surface area contributed by atoms with Crippen LogP contribution in [0.5, 0.6) is 0 Å². The fourth-order valence-electron chi connectivity index (χ4n) is 3.90. The molecule has 0 radical (unpaired) electrons. The van der Waals surface area contributed by atoms with E-state index in [2.05, 4.69) is 6.07 Å². The molecule has 174 valence electrons. The number of carbonyl (C=O) groups excluding carboxylic acids is 1. The van der Waals surface area contributed by atoms with E-state index in [0.29, 0.717) is 18.7 Å². The van der Waals surface area contributed by atoms with Crippen LogP contribution >= 0.6 is 0 Å². The molecule has 0 unspecified atom stereocenters. The Labute approximate surface area is 199 Å². The Hall–Kier alpha value is -4.18. The molecular formula is C27H27N3O4. The van der Waals surface area contributed by atoms with Crippen molar-refractivity contribution in [1.29, 1.82) is 5.26 Å². The van der Waals surface area contributed by atoms with E-state index in [1.807, 2.05) is 61.2 Å². The van der Waals surface area contributed by atoms with Crippen molar-refractivity contribution in [2.75, 3.05) is 18.1 Å². The smallest absolute Gasteiger partial charge is 0.340 e. The van der Waals surface area contributed by atoms with Crippen molar-refractivity contribution in [3.63, 3.8) is 0 Å². The molecule has 0 heterocycles. The first-order valence-electron chi connectivity index (χ1n) is 11.1. The molecule has 0 aromatic heterocycles. The average Bonchev–Trinajstić information content (AvgIpc) is 2.83. The molecule has 0 bridgehead atoms. The third-order valence-electron chi connectivity index (χ3n) is 5.29. The van der Waals surface area contributed by atoms with Gasteiger partial charge in [-0.1, -0.05) is 62.4 Å². The summed E-state index contributed by atoms with van der Waals surface area (Å²) in [5.74, 6) is -0.393. The van der Waals surface area contributed by atoms with Crippen molar-refractivity contribution < 1.29 is 14.5 Å². The summed E-state index contributed by atoms with van der Waals surface area (Å²) in [6.07, 6.45) is 0. The molecule has 3 aromatic rings. The van der Waals surface area contributed by atoms with E-state index in [4.69, 9.17) is 4.74 Å². The molecule has 0 atom stereocenters. The lowest BCUT2D eigenvalue weighted by Gasteiger charge is -2.28. The highest BCUT2D eigenvalue weighted by atomic mass is 16.6. The number of rotatable bonds is 9. The van der Waals surface area contributed by atoms with Crippen LogP contribution in [0, 0.1) is 27.4 Å². The molecule has 0 aliphatic heterocycles. The SMILES string of the molecule is CCOC(=O)c1cccc([N+](=O)[O-])c1N(Cc1ccc(-c2ccccc2C#N)cc1)CC(C)C. The molecule has 7 heteroatoms. The number of nitro benzene ring substituents is 1. The first-order chi connectivity index (χ1) is 16.3. The van der Waals surface area contributed by atoms with Gasteiger partial charge < -0.3 is 9.64 Å². The van der Waals surface area contributed by atoms with Gasteiger partial charge in [0.15, 0.2) is 0 Å². The maximum absolute atomic E-state index is 12.6. The monoisotopic (exact) mass is 457 g/mol. The number of hydrogen-bond acceptors (Lipinski definition) is 6. The van der Waals surface area contributed by atoms with Gasteiger partial charge in [-0.2, -0.15) is 5.26 Å². The van der Waals surface area contributed by atoms with Crippen LogP contribution in [0.4, 0.5) is 11.4 Å². The molecular weight excluding hydrogens is 430 g/mol. The molecule has 0 aliphatic rings. The van der Waals surface area contributed by atoms with E-state index >= 15 is 0 Å². The number of hydrogen-bond donors (Lipinski definition) is 0. The quantitative estimate of drug-likeness (QED) is 0.223. The zero-order chi connectivity index (χ0) is 24.7. The summed E-state index contributed by atoms with van der Waals surface area (Å²) in [5.41, 5.74) is 3.58. The fraction of sp³-hybridized carbons (Fsp3) is 0.259. The highest BCUT2D eigenvalue weighted by molar-refractivity contribution is 5.98. The minimum atomic E-state index is -0.585. The first-order valence-corrected chi connectivity index (χ1v) is 11.1. The normalized spacial score (nSPS) is 10.6. The van der Waals surface area contributed by atoms with E-state index in [9.17, 15) is 20.2 Å². The van der Waals surface area contributed by atoms with Crippen LogP contribution in [0.3, 0.4) is 0 Å². The average molecular weight is 458 g/mol. The van der Waals surface area contributed by atoms with Crippen LogP contribution in [0.25, 0.3) is 11.1 Å². The van der Waals surface area contributed by atoms with E-state index < -0.39 is 10.9 Å². The van der Waals surface area contributed by atoms with Crippen molar-refractivity contribution >= 4 is 17.3 Å². The summed E-state index contributed by atoms with van der Waals surface area (Å²) in [6.45, 7) is 6.80. The summed E-state index contributed by atoms with van der Waals surface area (Å²) in [4.78, 5) is 25.9. The minimum absolute atomic E-state index is 0.134. The molecule has 3 aromatic carbocycles. The van der Waals surface area contributed by atoms with Crippen LogP contribution in [-0.2, 0) is 11.3 Å². The largest absolute Gasteiger partial charge is 0.462 e. The van der Waals surface area contributed by atoms with Crippen LogP contribution in [-0.4, -0.2) is 24.0 Å². The summed E-state index contributed by atoms with van der Waals surface area (Å²) < 4.78 is 5.18. The predicted molar refractivity (Wildman–Crippen MR) is 132 cm³/mol. The van der Waals surface area contributed by atoms with Gasteiger partial charge in [0.1, 0.15) is 5.69 Å². The predicted octanol–water partition coefficient (Wildman–Crippen LogP) is 5.97. The van der Waals surface area contributed by atoms with Gasteiger partial charge in [-0.25, -0.2) is 4.79 Å². The van der Waals surface area contributed by atoms with Crippen molar-refractivity contribution in [2.24, 2.45) is 5.92 Å². The van der Waals surface area contributed by atoms with Crippen LogP contribution in [0.1, 0.15) is 42.3 Å². The lowest BCUT2D eigenvalue weighted by Crippen LogP contribution is -2.29. The number of anilines is 1. The summed E-state index contributed by atoms with van der Waals surface area (Å²) >= 11 is 0. The lowest BCUT2D eigenvalue weighted by atomic mass is 9.99. The van der Waals surface area contributed by atoms with Crippen molar-refractivity contribution in [1.82, 2.24) is 0 Å². The number of nitro groups is 1. The second-order valence-electron chi connectivity index (χ2n) is 8.28. The molecule has 0 saturated heterocycles. The third kappa shape index (κ3) is 5.59. The Bertz CT molecular complexity index is 1210. The lowest BCUT2D eigenvalue weighted by molar-refractivity contribution is -0.384. The summed E-state index contributed by atoms with van der Waals surface area (Å²) in [5, 5.41) is 21.3. The molecule has 34 heavy (non-hydrogen) atoms. The van der Waals surface area contributed by atoms with Crippen molar-refractivity contribution in [2.45, 2.75) is 27.3 Å². The van der Waals surface area contributed by atoms with Crippen molar-refractivity contribution in [3.05, 3.63) is 93.5 Å². The molecule has 3 rings (SSSR count). The number of ether oxygens (including phenoxy) is 1. The second kappa shape index (κ2) is 11.1. The number of esters is 1. The van der Waals surface area contributed by atoms with Gasteiger partial charge in [-0.05, 0) is 41.7 Å². The van der Waals surface area contributed by atoms with E-state index in [0.717, 1.165) is 16.7 Å². The minimum Gasteiger partial charge on any atom is -0.462 e. The highest BCUT2D eigenvalue weighted by Gasteiger charge is 2.27. The Balaban J connectivity index is 2.02. The van der Waals surface area contributed by atoms with Gasteiger partial charge in [0.2, 0.25) is 0 Å². The zero-order valence-electron chi connectivity index (χ0n) is 19.5. The Kier molecular flexibility index (Phi) is 7.99. The van der Waals surface area contributed by atoms with Gasteiger partial charge in [0.25, 0.3) is 5.69 Å². The van der Waals surface area contributed by atoms with Crippen molar-refractivity contribution in [3.8, 4) is 17.2 Å². The number of carbonyl (C=O) groups is 1. The van der Waals surface area contributed by atoms with Gasteiger partial charge in [0.05, 0.1) is 28.7 Å². The molecule has 0 aliphatic carbocycles. The Morgan fingerprint density at radius 1 is 1.09 bits per heavy atom. The molecule has 7 nitrogen and oxygen atoms in total. The topological polar surface area (TPSA) is 96.5 Å². The third-order valence-corrected chi connectivity index (χ3v) is 5.29. The number of nitrogens with zero attached hydrogens (tertiary/aromatic N) is 3. The fourth-order valence-corrected chi connectivity index (χ4v) is 3.90. The highest BCUT2D eigenvalue weighted by Crippen LogP contribution is 2.34. The van der Waals surface area contributed by atoms with Gasteiger partial charge in [0, 0.05) is 19.2 Å². The standard InChI is InChI=1S/C27H27N3O4/c1-4-34-27(31)24-10-7-11-25(30(32)33)26(24)29(17-19(2)3)18-20-12-14-21(15-13-20)23-9-6-5-8-22(23)16-28/h5-15,19H,4,17-18H2,1-3H3. The summed E-state index contributed by atoms with van der Waals surface area (Å²) in [7, 11) is 0. The number of nitriles is 1. The van der Waals surface area contributed by atoms with Gasteiger partial charge in [-0.15, -0.1) is 0 Å². The van der Waals surface area contributed by atoms with Gasteiger partial charge >= 0.3 is 5.97 Å². The molecule has 0 fully saturated rings. The summed E-state index contributed by atoms with van der Waals surface area (Å²) in [6, 6.07) is 21.8. The van der Waals surface area contributed by atoms with E-state index in [-0.39, 0.29) is 29.5 Å². The zero-order valence-corrected chi connectivity index (χ0v) is 19.5. The maximum atomic E-state index is 12.6. The van der Waals surface area contributed by atoms with Crippen LogP contribution in [0.2, 0.25) is 0 Å². The second-order valence-corrected chi connectivity index (χ2v) is 8.28. The van der Waals surface area contributed by atoms with Crippen LogP contribution in [0.15, 0.2) is 66.7 Å². The molecule has 0 saturated carbocycles. The number of para-hydroxylation sites is 1. The Morgan fingerprint density at radius 3 is 2.41 bits per heavy atom. The van der Waals surface area contributed by atoms with Gasteiger partial charge in [-0.3, -0.25) is 10.1 Å². The molecule has 0 spiro atoms. The first kappa shape index (κ1) is 24.5. The molecule has 0 N–H and O–H groups in total. The molecule has 0 amide bonds. The van der Waals surface area contributed by atoms with E-state index in [1.165, 1.54) is 12.1 Å². The Morgan fingerprint density at radius 2 is 1.79 bits per heavy atom. The van der Waals surface area contributed by atoms with Crippen LogP contribution < -0.4 is 4.90 Å².